The molecule has 1 aromatic heterocycles. The maximum Gasteiger partial charge on any atom is 0.233 e. The summed E-state index contributed by atoms with van der Waals surface area (Å²) in [5.41, 5.74) is 1.82. The molecule has 0 N–H and O–H groups in total. The van der Waals surface area contributed by atoms with Crippen LogP contribution in [0.3, 0.4) is 0 Å². The van der Waals surface area contributed by atoms with E-state index in [2.05, 4.69) is 32.1 Å². The Morgan fingerprint density at radius 3 is 2.38 bits per heavy atom. The van der Waals surface area contributed by atoms with Crippen LogP contribution >= 0.6 is 0 Å². The Kier molecular flexibility index (Phi) is 4.62. The van der Waals surface area contributed by atoms with E-state index in [1.165, 1.54) is 5.56 Å². The summed E-state index contributed by atoms with van der Waals surface area (Å²) >= 11 is 0. The molecule has 0 radical (unpaired) electrons. The van der Waals surface area contributed by atoms with Crippen molar-refractivity contribution in [2.75, 3.05) is 31.1 Å². The third-order valence-electron chi connectivity index (χ3n) is 5.83. The van der Waals surface area contributed by atoms with Crippen LogP contribution in [0, 0.1) is 6.92 Å². The van der Waals surface area contributed by atoms with Crippen LogP contribution in [0.15, 0.2) is 42.5 Å². The zero-order valence-electron chi connectivity index (χ0n) is 15.4. The fraction of sp³-hybridized carbons (Fsp3) is 0.476. The Bertz CT molecular complexity index is 755. The Labute approximate surface area is 155 Å². The minimum absolute atomic E-state index is 0.292. The summed E-state index contributed by atoms with van der Waals surface area (Å²) < 4.78 is 0. The first-order valence-electron chi connectivity index (χ1n) is 9.59. The van der Waals surface area contributed by atoms with E-state index in [0.717, 1.165) is 63.4 Å². The number of aryl methyl sites for hydroxylation is 1. The van der Waals surface area contributed by atoms with Crippen LogP contribution in [0.25, 0.3) is 0 Å². The fourth-order valence-electron chi connectivity index (χ4n) is 4.13. The summed E-state index contributed by atoms with van der Waals surface area (Å²) in [6.07, 6.45) is 4.05. The second kappa shape index (κ2) is 7.06. The molecule has 1 saturated heterocycles. The summed E-state index contributed by atoms with van der Waals surface area (Å²) in [5.74, 6) is 1.22. The first-order chi connectivity index (χ1) is 12.7. The lowest BCUT2D eigenvalue weighted by atomic mass is 9.63. The highest BCUT2D eigenvalue weighted by Crippen LogP contribution is 2.45. The predicted molar refractivity (Wildman–Crippen MR) is 102 cm³/mol. The lowest BCUT2D eigenvalue weighted by Crippen LogP contribution is -2.52. The van der Waals surface area contributed by atoms with Crippen molar-refractivity contribution in [3.63, 3.8) is 0 Å². The molecular weight excluding hydrogens is 324 g/mol. The topological polar surface area (TPSA) is 49.3 Å². The van der Waals surface area contributed by atoms with E-state index in [1.807, 2.05) is 37.3 Å². The van der Waals surface area contributed by atoms with Crippen molar-refractivity contribution in [1.29, 1.82) is 0 Å². The second-order valence-electron chi connectivity index (χ2n) is 7.47. The van der Waals surface area contributed by atoms with Crippen molar-refractivity contribution < 1.29 is 4.79 Å². The minimum Gasteiger partial charge on any atom is -0.353 e. The standard InChI is InChI=1S/C21H26N4O/c1-17-9-10-19(23-22-17)24-13-6-14-25(16-15-24)20(26)21(11-5-12-21)18-7-3-2-4-8-18/h2-4,7-10H,5-6,11-16H2,1H3. The van der Waals surface area contributed by atoms with Gasteiger partial charge < -0.3 is 9.80 Å². The van der Waals surface area contributed by atoms with Crippen LogP contribution in [0.2, 0.25) is 0 Å². The lowest BCUT2D eigenvalue weighted by Gasteiger charge is -2.44. The van der Waals surface area contributed by atoms with E-state index >= 15 is 0 Å². The first-order valence-corrected chi connectivity index (χ1v) is 9.59. The summed E-state index contributed by atoms with van der Waals surface area (Å²) in [4.78, 5) is 17.7. The quantitative estimate of drug-likeness (QED) is 0.854. The summed E-state index contributed by atoms with van der Waals surface area (Å²) in [7, 11) is 0. The highest BCUT2D eigenvalue weighted by Gasteiger charge is 2.47. The van der Waals surface area contributed by atoms with Crippen molar-refractivity contribution in [2.45, 2.75) is 38.0 Å². The van der Waals surface area contributed by atoms with E-state index in [4.69, 9.17) is 0 Å². The second-order valence-corrected chi connectivity index (χ2v) is 7.47. The maximum atomic E-state index is 13.4. The van der Waals surface area contributed by atoms with Crippen molar-refractivity contribution >= 4 is 11.7 Å². The number of carbonyl (C=O) groups excluding carboxylic acids is 1. The van der Waals surface area contributed by atoms with Crippen molar-refractivity contribution in [3.8, 4) is 0 Å². The molecule has 1 aliphatic heterocycles. The highest BCUT2D eigenvalue weighted by molar-refractivity contribution is 5.89. The average Bonchev–Trinajstić information content (AvgIpc) is 2.88. The molecule has 2 aliphatic rings. The molecule has 1 aliphatic carbocycles. The molecule has 0 spiro atoms. The predicted octanol–water partition coefficient (Wildman–Crippen LogP) is 2.95. The van der Waals surface area contributed by atoms with Crippen molar-refractivity contribution in [1.82, 2.24) is 15.1 Å². The van der Waals surface area contributed by atoms with Crippen LogP contribution in [0.1, 0.15) is 36.9 Å². The Morgan fingerprint density at radius 1 is 0.923 bits per heavy atom. The molecule has 1 aromatic carbocycles. The van der Waals surface area contributed by atoms with E-state index in [0.29, 0.717) is 5.91 Å². The van der Waals surface area contributed by atoms with E-state index in [9.17, 15) is 4.79 Å². The van der Waals surface area contributed by atoms with Gasteiger partial charge in [0, 0.05) is 26.2 Å². The SMILES string of the molecule is Cc1ccc(N2CCCN(C(=O)C3(c4ccccc4)CCC3)CC2)nn1. The van der Waals surface area contributed by atoms with E-state index in [1.54, 1.807) is 0 Å². The number of carbonyl (C=O) groups is 1. The van der Waals surface area contributed by atoms with E-state index in [-0.39, 0.29) is 5.41 Å². The fourth-order valence-corrected chi connectivity index (χ4v) is 4.13. The molecule has 136 valence electrons. The zero-order valence-corrected chi connectivity index (χ0v) is 15.4. The molecule has 5 nitrogen and oxygen atoms in total. The van der Waals surface area contributed by atoms with Gasteiger partial charge >= 0.3 is 0 Å². The van der Waals surface area contributed by atoms with Crippen molar-refractivity contribution in [2.24, 2.45) is 0 Å². The number of benzene rings is 1. The normalized spacial score (nSPS) is 19.6. The molecule has 5 heteroatoms. The average molecular weight is 350 g/mol. The molecule has 1 saturated carbocycles. The molecule has 2 heterocycles. The molecule has 2 aromatic rings. The molecule has 4 rings (SSSR count). The van der Waals surface area contributed by atoms with Crippen LogP contribution < -0.4 is 4.90 Å². The largest absolute Gasteiger partial charge is 0.353 e. The maximum absolute atomic E-state index is 13.4. The van der Waals surface area contributed by atoms with Gasteiger partial charge in [0.15, 0.2) is 5.82 Å². The van der Waals surface area contributed by atoms with Gasteiger partial charge in [0.05, 0.1) is 11.1 Å². The third-order valence-corrected chi connectivity index (χ3v) is 5.83. The first kappa shape index (κ1) is 17.0. The smallest absolute Gasteiger partial charge is 0.233 e. The van der Waals surface area contributed by atoms with Gasteiger partial charge in [0.25, 0.3) is 0 Å². The van der Waals surface area contributed by atoms with Gasteiger partial charge in [0.2, 0.25) is 5.91 Å². The third kappa shape index (κ3) is 3.06. The molecule has 1 amide bonds. The Morgan fingerprint density at radius 2 is 1.73 bits per heavy atom. The van der Waals surface area contributed by atoms with Crippen LogP contribution in [-0.4, -0.2) is 47.2 Å². The minimum atomic E-state index is -0.292. The number of hydrogen-bond acceptors (Lipinski definition) is 4. The number of aromatic nitrogens is 2. The van der Waals surface area contributed by atoms with Crippen molar-refractivity contribution in [3.05, 3.63) is 53.7 Å². The summed E-state index contributed by atoms with van der Waals surface area (Å²) in [5, 5.41) is 8.48. The monoisotopic (exact) mass is 350 g/mol. The molecule has 26 heavy (non-hydrogen) atoms. The van der Waals surface area contributed by atoms with Gasteiger partial charge in [0.1, 0.15) is 0 Å². The molecule has 0 unspecified atom stereocenters. The van der Waals surface area contributed by atoms with Gasteiger partial charge in [-0.15, -0.1) is 5.10 Å². The summed E-state index contributed by atoms with van der Waals surface area (Å²) in [6.45, 7) is 5.25. The zero-order chi connectivity index (χ0) is 18.0. The number of amides is 1. The molecule has 2 fully saturated rings. The van der Waals surface area contributed by atoms with Gasteiger partial charge in [-0.05, 0) is 43.9 Å². The summed E-state index contributed by atoms with van der Waals surface area (Å²) in [6, 6.07) is 14.4. The van der Waals surface area contributed by atoms with Gasteiger partial charge in [-0.3, -0.25) is 4.79 Å². The molecule has 0 atom stereocenters. The van der Waals surface area contributed by atoms with Gasteiger partial charge in [-0.2, -0.15) is 5.10 Å². The number of anilines is 1. The van der Waals surface area contributed by atoms with Crippen LogP contribution in [0.4, 0.5) is 5.82 Å². The number of nitrogens with zero attached hydrogens (tertiary/aromatic N) is 4. The highest BCUT2D eigenvalue weighted by atomic mass is 16.2. The Hall–Kier alpha value is -2.43. The lowest BCUT2D eigenvalue weighted by molar-refractivity contribution is -0.140. The molecular formula is C21H26N4O. The van der Waals surface area contributed by atoms with Crippen LogP contribution in [0.5, 0.6) is 0 Å². The number of hydrogen-bond donors (Lipinski definition) is 0. The van der Waals surface area contributed by atoms with Gasteiger partial charge in [-0.25, -0.2) is 0 Å². The van der Waals surface area contributed by atoms with Crippen LogP contribution in [-0.2, 0) is 10.2 Å². The van der Waals surface area contributed by atoms with E-state index < -0.39 is 0 Å². The number of rotatable bonds is 3. The molecule has 0 bridgehead atoms. The van der Waals surface area contributed by atoms with Gasteiger partial charge in [-0.1, -0.05) is 36.8 Å². The Balaban J connectivity index is 1.48.